The quantitative estimate of drug-likeness (QED) is 0.393. The molecule has 0 saturated carbocycles. The van der Waals surface area contributed by atoms with Gasteiger partial charge in [-0.2, -0.15) is 4.39 Å². The molecule has 0 aliphatic heterocycles. The van der Waals surface area contributed by atoms with E-state index < -0.39 is 31.1 Å². The maximum atomic E-state index is 13.6. The Morgan fingerprint density at radius 1 is 0.722 bits per heavy atom. The van der Waals surface area contributed by atoms with Gasteiger partial charge in [-0.05, 0) is 11.6 Å². The highest BCUT2D eigenvalue weighted by Crippen LogP contribution is 2.60. The summed E-state index contributed by atoms with van der Waals surface area (Å²) < 4.78 is 74.0. The molecule has 3 atom stereocenters. The van der Waals surface area contributed by atoms with Gasteiger partial charge in [-0.25, -0.2) is 22.0 Å². The first-order chi connectivity index (χ1) is 7.60. The van der Waals surface area contributed by atoms with Gasteiger partial charge in [-0.3, -0.25) is 0 Å². The van der Waals surface area contributed by atoms with E-state index in [9.17, 15) is 26.3 Å². The van der Waals surface area contributed by atoms with Crippen LogP contribution >= 0.6 is 69.6 Å². The molecule has 0 radical (unpaired) electrons. The van der Waals surface area contributed by atoms with Gasteiger partial charge in [0.15, 0.2) is 0 Å². The third kappa shape index (κ3) is 3.04. The van der Waals surface area contributed by atoms with E-state index in [-0.39, 0.29) is 0 Å². The fourth-order valence-corrected chi connectivity index (χ4v) is 1.77. The summed E-state index contributed by atoms with van der Waals surface area (Å²) in [6.07, 6.45) is 0. The monoisotopic (exact) mass is 396 g/mol. The van der Waals surface area contributed by atoms with E-state index in [1.807, 2.05) is 0 Å². The highest BCUT2D eigenvalue weighted by atomic mass is 35.5. The van der Waals surface area contributed by atoms with Crippen molar-refractivity contribution < 1.29 is 26.3 Å². The molecule has 18 heavy (non-hydrogen) atoms. The molecule has 0 aromatic rings. The number of halogens is 12. The van der Waals surface area contributed by atoms with Crippen LogP contribution in [0.2, 0.25) is 0 Å². The van der Waals surface area contributed by atoms with E-state index in [1.165, 1.54) is 0 Å². The summed E-state index contributed by atoms with van der Waals surface area (Å²) >= 11 is 26.9. The lowest BCUT2D eigenvalue weighted by atomic mass is 10.1. The maximum Gasteiger partial charge on any atom is 0.310 e. The molecule has 108 valence electrons. The predicted molar refractivity (Wildman–Crippen MR) is 59.7 cm³/mol. The second kappa shape index (κ2) is 5.45. The first-order valence-corrected chi connectivity index (χ1v) is 5.79. The number of allylic oxidation sites excluding steroid dienone is 1. The van der Waals surface area contributed by atoms with Crippen LogP contribution < -0.4 is 0 Å². The minimum absolute atomic E-state index is 2.50. The molecule has 0 aliphatic carbocycles. The molecule has 0 rings (SSSR count). The van der Waals surface area contributed by atoms with Gasteiger partial charge in [0.05, 0.1) is 0 Å². The second-order valence-electron chi connectivity index (χ2n) is 2.80. The van der Waals surface area contributed by atoms with Crippen LogP contribution in [0.1, 0.15) is 0 Å². The first-order valence-electron chi connectivity index (χ1n) is 3.52. The van der Waals surface area contributed by atoms with Crippen LogP contribution in [-0.2, 0) is 0 Å². The summed E-state index contributed by atoms with van der Waals surface area (Å²) in [5.74, 6) is -2.89. The topological polar surface area (TPSA) is 0 Å². The van der Waals surface area contributed by atoms with E-state index in [0.717, 1.165) is 0 Å². The Morgan fingerprint density at radius 2 is 1.06 bits per heavy atom. The highest BCUT2D eigenvalue weighted by Gasteiger charge is 2.76. The van der Waals surface area contributed by atoms with Crippen molar-refractivity contribution in [1.82, 2.24) is 0 Å². The van der Waals surface area contributed by atoms with Crippen molar-refractivity contribution in [2.45, 2.75) is 20.0 Å². The smallest absolute Gasteiger partial charge is 0.215 e. The van der Waals surface area contributed by atoms with Gasteiger partial charge in [0.1, 0.15) is 0 Å². The van der Waals surface area contributed by atoms with E-state index in [4.69, 9.17) is 0 Å². The molecule has 0 bridgehead atoms. The summed E-state index contributed by atoms with van der Waals surface area (Å²) in [5, 5.41) is -17.1. The molecule has 0 amide bonds. The fraction of sp³-hybridized carbons (Fsp3) is 0.667. The van der Waals surface area contributed by atoms with Gasteiger partial charge in [-0.15, -0.1) is 0 Å². The predicted octanol–water partition coefficient (Wildman–Crippen LogP) is 6.15. The molecule has 0 N–H and O–H groups in total. The molecule has 0 spiro atoms. The highest BCUT2D eigenvalue weighted by molar-refractivity contribution is 6.54. The second-order valence-corrected chi connectivity index (χ2v) is 5.92. The largest absolute Gasteiger partial charge is 0.310 e. The molecule has 0 saturated heterocycles. The van der Waals surface area contributed by atoms with Crippen molar-refractivity contribution in [3.8, 4) is 0 Å². The number of hydrogen-bond acceptors (Lipinski definition) is 0. The third-order valence-electron chi connectivity index (χ3n) is 1.59. The Balaban J connectivity index is 5.88. The molecular formula is C6Cl6F6. The molecule has 3 unspecified atom stereocenters. The lowest BCUT2D eigenvalue weighted by Gasteiger charge is -2.38. The third-order valence-corrected chi connectivity index (χ3v) is 4.13. The molecule has 0 aromatic heterocycles. The summed E-state index contributed by atoms with van der Waals surface area (Å²) in [6, 6.07) is 0. The van der Waals surface area contributed by atoms with Crippen molar-refractivity contribution in [3.63, 3.8) is 0 Å². The van der Waals surface area contributed by atoms with Gasteiger partial charge in [-0.1, -0.05) is 58.0 Å². The van der Waals surface area contributed by atoms with Crippen LogP contribution in [0.25, 0.3) is 0 Å². The zero-order valence-electron chi connectivity index (χ0n) is 7.54. The van der Waals surface area contributed by atoms with Crippen molar-refractivity contribution in [2.75, 3.05) is 0 Å². The number of rotatable bonds is 4. The standard InChI is InChI=1S/C6Cl6F6/c7-2(14)1(13)3(8,15)4(9,16)5(10,17)6(11,12)18/b2-1-. The summed E-state index contributed by atoms with van der Waals surface area (Å²) in [7, 11) is 0. The van der Waals surface area contributed by atoms with Crippen molar-refractivity contribution >= 4 is 69.6 Å². The fourth-order valence-electron chi connectivity index (χ4n) is 0.632. The Kier molecular flexibility index (Phi) is 5.77. The molecule has 12 heteroatoms. The SMILES string of the molecule is F/C(Cl)=C(\F)C(F)(Cl)C(F)(Cl)C(F)(Cl)C(F)(Cl)Cl. The average Bonchev–Trinajstić information content (AvgIpc) is 2.13. The molecule has 0 aliphatic rings. The Labute approximate surface area is 127 Å². The molecular weight excluding hydrogens is 399 g/mol. The summed E-state index contributed by atoms with van der Waals surface area (Å²) in [6.45, 7) is 0. The van der Waals surface area contributed by atoms with Gasteiger partial charge >= 0.3 is 4.59 Å². The minimum atomic E-state index is -4.95. The van der Waals surface area contributed by atoms with Crippen molar-refractivity contribution in [3.05, 3.63) is 11.1 Å². The Hall–Kier alpha value is 1.06. The van der Waals surface area contributed by atoms with E-state index in [1.54, 1.807) is 0 Å². The van der Waals surface area contributed by atoms with Crippen LogP contribution in [0, 0.1) is 0 Å². The van der Waals surface area contributed by atoms with Crippen molar-refractivity contribution in [2.24, 2.45) is 0 Å². The number of alkyl halides is 9. The zero-order valence-corrected chi connectivity index (χ0v) is 12.1. The lowest BCUT2D eigenvalue weighted by molar-refractivity contribution is -0.0276. The van der Waals surface area contributed by atoms with Crippen LogP contribution in [0.15, 0.2) is 11.1 Å². The van der Waals surface area contributed by atoms with Crippen molar-refractivity contribution in [1.29, 1.82) is 0 Å². The van der Waals surface area contributed by atoms with Gasteiger partial charge < -0.3 is 0 Å². The van der Waals surface area contributed by atoms with Gasteiger partial charge in [0, 0.05) is 0 Å². The Morgan fingerprint density at radius 3 is 1.28 bits per heavy atom. The maximum absolute atomic E-state index is 13.6. The van der Waals surface area contributed by atoms with E-state index in [2.05, 4.69) is 69.6 Å². The van der Waals surface area contributed by atoms with Gasteiger partial charge in [0.25, 0.3) is 15.4 Å². The van der Waals surface area contributed by atoms with Crippen LogP contribution in [0.4, 0.5) is 26.3 Å². The normalized spacial score (nSPS) is 24.7. The Bertz CT molecular complexity index is 354. The zero-order chi connectivity index (χ0) is 15.2. The molecule has 0 heterocycles. The number of hydrogen-bond donors (Lipinski definition) is 0. The van der Waals surface area contributed by atoms with E-state index in [0.29, 0.717) is 0 Å². The first kappa shape index (κ1) is 19.1. The molecule has 0 aromatic carbocycles. The molecule has 0 nitrogen and oxygen atoms in total. The van der Waals surface area contributed by atoms with Gasteiger partial charge in [0.2, 0.25) is 11.1 Å². The van der Waals surface area contributed by atoms with Crippen LogP contribution in [-0.4, -0.2) is 20.0 Å². The lowest BCUT2D eigenvalue weighted by Crippen LogP contribution is -2.58. The summed E-state index contributed by atoms with van der Waals surface area (Å²) in [5.41, 5.74) is 0. The minimum Gasteiger partial charge on any atom is -0.215 e. The van der Waals surface area contributed by atoms with E-state index >= 15 is 0 Å². The average molecular weight is 399 g/mol. The molecule has 0 fully saturated rings. The summed E-state index contributed by atoms with van der Waals surface area (Å²) in [4.78, 5) is 0. The van der Waals surface area contributed by atoms with Crippen LogP contribution in [0.5, 0.6) is 0 Å². The van der Waals surface area contributed by atoms with Crippen LogP contribution in [0.3, 0.4) is 0 Å².